The molecule has 0 aliphatic heterocycles. The van der Waals surface area contributed by atoms with Crippen molar-refractivity contribution in [1.29, 1.82) is 0 Å². The largest absolute Gasteiger partial charge is 0.444 e. The number of unbranched alkanes of at least 4 members (excludes halogenated alkanes) is 3. The van der Waals surface area contributed by atoms with Gasteiger partial charge in [-0.15, -0.1) is 0 Å². The molecular weight excluding hydrogens is 371 g/mol. The number of allylic oxidation sites excluding steroid dienone is 1. The predicted octanol–water partition coefficient (Wildman–Crippen LogP) is 5.67. The molecule has 1 atom stereocenters. The molecule has 1 rings (SSSR count). The Morgan fingerprint density at radius 3 is 2.18 bits per heavy atom. The summed E-state index contributed by atoms with van der Waals surface area (Å²) < 4.78 is 47.6. The average molecular weight is 399 g/mol. The standard InChI is InChI=1S/C21H28F3NO3/c1-5-6-7-8-12-15-17(26)20(21(22,23)24,16-13-10-9-11-14-16)25-18(27)28-19(2,3)4/h9-15H,5-8H2,1-4H3,(H,25,27)/b15-12+/t20-/m1/s1. The van der Waals surface area contributed by atoms with E-state index in [1.807, 2.05) is 12.2 Å². The van der Waals surface area contributed by atoms with E-state index >= 15 is 0 Å². The highest BCUT2D eigenvalue weighted by molar-refractivity contribution is 6.01. The van der Waals surface area contributed by atoms with E-state index in [-0.39, 0.29) is 5.56 Å². The Kier molecular flexibility index (Phi) is 8.27. The summed E-state index contributed by atoms with van der Waals surface area (Å²) in [7, 11) is 0. The maximum atomic E-state index is 14.2. The van der Waals surface area contributed by atoms with Gasteiger partial charge in [0, 0.05) is 0 Å². The summed E-state index contributed by atoms with van der Waals surface area (Å²) in [6, 6.07) is 6.61. The van der Waals surface area contributed by atoms with Gasteiger partial charge in [-0.2, -0.15) is 13.2 Å². The van der Waals surface area contributed by atoms with Crippen molar-refractivity contribution in [3.63, 3.8) is 0 Å². The van der Waals surface area contributed by atoms with Gasteiger partial charge in [-0.05, 0) is 45.3 Å². The van der Waals surface area contributed by atoms with Crippen LogP contribution in [0.1, 0.15) is 58.9 Å². The minimum Gasteiger partial charge on any atom is -0.444 e. The third-order valence-corrected chi connectivity index (χ3v) is 3.93. The fraction of sp³-hybridized carbons (Fsp3) is 0.524. The van der Waals surface area contributed by atoms with Crippen LogP contribution >= 0.6 is 0 Å². The molecule has 1 amide bonds. The molecule has 4 nitrogen and oxygen atoms in total. The number of hydrogen-bond donors (Lipinski definition) is 1. The van der Waals surface area contributed by atoms with Gasteiger partial charge in [0.25, 0.3) is 0 Å². The number of nitrogens with one attached hydrogen (secondary N) is 1. The lowest BCUT2D eigenvalue weighted by molar-refractivity contribution is -0.198. The number of hydrogen-bond acceptors (Lipinski definition) is 3. The second kappa shape index (κ2) is 9.75. The maximum Gasteiger partial charge on any atom is 0.423 e. The van der Waals surface area contributed by atoms with Crippen LogP contribution < -0.4 is 5.32 Å². The summed E-state index contributed by atoms with van der Waals surface area (Å²) in [4.78, 5) is 25.0. The minimum absolute atomic E-state index is 0.378. The number of alkyl carbamates (subject to hydrolysis) is 1. The van der Waals surface area contributed by atoms with Crippen LogP contribution in [0.3, 0.4) is 0 Å². The average Bonchev–Trinajstić information content (AvgIpc) is 2.57. The third kappa shape index (κ3) is 6.39. The topological polar surface area (TPSA) is 55.4 Å². The second-order valence-electron chi connectivity index (χ2n) is 7.50. The van der Waals surface area contributed by atoms with Crippen molar-refractivity contribution in [2.75, 3.05) is 0 Å². The number of ketones is 1. The highest BCUT2D eigenvalue weighted by Gasteiger charge is 2.62. The zero-order valence-electron chi connectivity index (χ0n) is 16.7. The van der Waals surface area contributed by atoms with Crippen LogP contribution in [0, 0.1) is 0 Å². The zero-order chi connectivity index (χ0) is 21.4. The van der Waals surface area contributed by atoms with Gasteiger partial charge in [-0.1, -0.05) is 56.2 Å². The van der Waals surface area contributed by atoms with Crippen LogP contribution in [0.25, 0.3) is 0 Å². The maximum absolute atomic E-state index is 14.2. The zero-order valence-corrected chi connectivity index (χ0v) is 16.7. The summed E-state index contributed by atoms with van der Waals surface area (Å²) in [5.74, 6) is -1.27. The van der Waals surface area contributed by atoms with Gasteiger partial charge in [0.2, 0.25) is 5.54 Å². The van der Waals surface area contributed by atoms with Crippen molar-refractivity contribution in [2.45, 2.75) is 70.7 Å². The molecular formula is C21H28F3NO3. The van der Waals surface area contributed by atoms with Crippen molar-refractivity contribution >= 4 is 11.9 Å². The van der Waals surface area contributed by atoms with Crippen LogP contribution in [0.15, 0.2) is 42.5 Å². The number of carbonyl (C=O) groups is 2. The third-order valence-electron chi connectivity index (χ3n) is 3.93. The lowest BCUT2D eigenvalue weighted by Crippen LogP contribution is -2.61. The fourth-order valence-corrected chi connectivity index (χ4v) is 2.62. The second-order valence-corrected chi connectivity index (χ2v) is 7.50. The van der Waals surface area contributed by atoms with Crippen LogP contribution in [0.2, 0.25) is 0 Å². The van der Waals surface area contributed by atoms with Crippen molar-refractivity contribution in [3.05, 3.63) is 48.0 Å². The molecule has 0 radical (unpaired) electrons. The molecule has 0 bridgehead atoms. The summed E-state index contributed by atoms with van der Waals surface area (Å²) in [6.07, 6.45) is -0.960. The number of amides is 1. The van der Waals surface area contributed by atoms with E-state index in [0.29, 0.717) is 6.42 Å². The van der Waals surface area contributed by atoms with Crippen molar-refractivity contribution in [2.24, 2.45) is 0 Å². The Balaban J connectivity index is 3.34. The van der Waals surface area contributed by atoms with Gasteiger partial charge in [-0.25, -0.2) is 4.79 Å². The SMILES string of the molecule is CCCCC/C=C/C(=O)[C@](NC(=O)OC(C)(C)C)(c1ccccc1)C(F)(F)F. The normalized spacial score (nSPS) is 14.5. The first-order valence-corrected chi connectivity index (χ1v) is 9.28. The Bertz CT molecular complexity index is 678. The molecule has 0 aromatic heterocycles. The number of carbonyl (C=O) groups excluding carboxylic acids is 2. The lowest BCUT2D eigenvalue weighted by Gasteiger charge is -2.35. The lowest BCUT2D eigenvalue weighted by atomic mass is 9.84. The summed E-state index contributed by atoms with van der Waals surface area (Å²) >= 11 is 0. The van der Waals surface area contributed by atoms with Gasteiger partial charge in [0.1, 0.15) is 5.60 Å². The molecule has 28 heavy (non-hydrogen) atoms. The number of benzene rings is 1. The van der Waals surface area contributed by atoms with Crippen molar-refractivity contribution in [3.8, 4) is 0 Å². The first-order valence-electron chi connectivity index (χ1n) is 9.28. The van der Waals surface area contributed by atoms with E-state index in [4.69, 9.17) is 4.74 Å². The molecule has 0 saturated heterocycles. The van der Waals surface area contributed by atoms with Crippen LogP contribution in [-0.4, -0.2) is 23.7 Å². The first-order chi connectivity index (χ1) is 12.9. The van der Waals surface area contributed by atoms with E-state index in [0.717, 1.165) is 37.5 Å². The predicted molar refractivity (Wildman–Crippen MR) is 102 cm³/mol. The molecule has 1 N–H and O–H groups in total. The number of alkyl halides is 3. The van der Waals surface area contributed by atoms with Gasteiger partial charge >= 0.3 is 12.3 Å². The van der Waals surface area contributed by atoms with Gasteiger partial charge in [0.05, 0.1) is 0 Å². The Morgan fingerprint density at radius 1 is 1.07 bits per heavy atom. The molecule has 0 aliphatic carbocycles. The van der Waals surface area contributed by atoms with Gasteiger partial charge in [-0.3, -0.25) is 10.1 Å². The van der Waals surface area contributed by atoms with Crippen LogP contribution in [-0.2, 0) is 15.1 Å². The van der Waals surface area contributed by atoms with E-state index in [1.54, 1.807) is 0 Å². The Morgan fingerprint density at radius 2 is 1.68 bits per heavy atom. The summed E-state index contributed by atoms with van der Waals surface area (Å²) in [5.41, 5.74) is -4.62. The molecule has 156 valence electrons. The molecule has 0 aliphatic rings. The van der Waals surface area contributed by atoms with Crippen LogP contribution in [0.5, 0.6) is 0 Å². The smallest absolute Gasteiger partial charge is 0.423 e. The van der Waals surface area contributed by atoms with E-state index in [2.05, 4.69) is 0 Å². The molecule has 0 spiro atoms. The van der Waals surface area contributed by atoms with E-state index in [1.165, 1.54) is 45.0 Å². The van der Waals surface area contributed by atoms with Gasteiger partial charge < -0.3 is 4.74 Å². The number of ether oxygens (including phenoxy) is 1. The Labute approximate surface area is 164 Å². The molecule has 1 aromatic carbocycles. The fourth-order valence-electron chi connectivity index (χ4n) is 2.62. The quantitative estimate of drug-likeness (QED) is 0.452. The molecule has 0 unspecified atom stereocenters. The minimum atomic E-state index is -5.07. The number of rotatable bonds is 8. The number of halogens is 3. The van der Waals surface area contributed by atoms with Crippen molar-refractivity contribution in [1.82, 2.24) is 5.32 Å². The van der Waals surface area contributed by atoms with Crippen LogP contribution in [0.4, 0.5) is 18.0 Å². The molecule has 1 aromatic rings. The van der Waals surface area contributed by atoms with Gasteiger partial charge in [0.15, 0.2) is 5.78 Å². The highest BCUT2D eigenvalue weighted by atomic mass is 19.4. The summed E-state index contributed by atoms with van der Waals surface area (Å²) in [5, 5.41) is 1.81. The summed E-state index contributed by atoms with van der Waals surface area (Å²) in [6.45, 7) is 6.59. The van der Waals surface area contributed by atoms with Crippen molar-refractivity contribution < 1.29 is 27.5 Å². The molecule has 0 saturated carbocycles. The van der Waals surface area contributed by atoms with E-state index in [9.17, 15) is 22.8 Å². The highest BCUT2D eigenvalue weighted by Crippen LogP contribution is 2.40. The Hall–Kier alpha value is -2.31. The molecule has 0 heterocycles. The monoisotopic (exact) mass is 399 g/mol. The molecule has 0 fully saturated rings. The first kappa shape index (κ1) is 23.7. The van der Waals surface area contributed by atoms with E-state index < -0.39 is 29.2 Å². The molecule has 7 heteroatoms.